The van der Waals surface area contributed by atoms with Crippen molar-refractivity contribution in [2.75, 3.05) is 13.1 Å². The molecule has 0 aliphatic heterocycles. The van der Waals surface area contributed by atoms with Gasteiger partial charge in [-0.1, -0.05) is 0 Å². The van der Waals surface area contributed by atoms with E-state index in [0.717, 1.165) is 18.0 Å². The normalized spacial score (nSPS) is 10.5. The number of quaternary nitrogens is 1. The van der Waals surface area contributed by atoms with E-state index in [1.54, 1.807) is 0 Å². The minimum Gasteiger partial charge on any atom is -0.475 e. The maximum absolute atomic E-state index is 10.6. The summed E-state index contributed by atoms with van der Waals surface area (Å²) in [6.07, 6.45) is -5.08. The minimum atomic E-state index is -5.08. The third-order valence-electron chi connectivity index (χ3n) is 1.48. The van der Waals surface area contributed by atoms with Crippen molar-refractivity contribution in [2.45, 2.75) is 20.0 Å². The lowest BCUT2D eigenvalue weighted by molar-refractivity contribution is -0.803. The highest BCUT2D eigenvalue weighted by Gasteiger charge is 2.38. The van der Waals surface area contributed by atoms with Gasteiger partial charge < -0.3 is 10.8 Å². The molecular formula is C7H15F3N3O2+. The highest BCUT2D eigenvalue weighted by Crippen LogP contribution is 2.13. The maximum atomic E-state index is 10.6. The SMILES string of the molecule is CC[NH+](CC)C(=N)N.O=C(O)C(F)(F)F. The van der Waals surface area contributed by atoms with Gasteiger partial charge in [0.2, 0.25) is 0 Å². The molecule has 8 heteroatoms. The Morgan fingerprint density at radius 2 is 1.67 bits per heavy atom. The zero-order valence-corrected chi connectivity index (χ0v) is 8.48. The largest absolute Gasteiger partial charge is 0.490 e. The van der Waals surface area contributed by atoms with E-state index in [9.17, 15) is 13.2 Å². The number of carboxylic acids is 1. The number of aliphatic carboxylic acids is 1. The van der Waals surface area contributed by atoms with Crippen LogP contribution in [0.2, 0.25) is 0 Å². The highest BCUT2D eigenvalue weighted by atomic mass is 19.4. The van der Waals surface area contributed by atoms with Crippen LogP contribution in [0.5, 0.6) is 0 Å². The van der Waals surface area contributed by atoms with E-state index in [-0.39, 0.29) is 5.96 Å². The molecule has 0 radical (unpaired) electrons. The van der Waals surface area contributed by atoms with Crippen molar-refractivity contribution < 1.29 is 28.0 Å². The van der Waals surface area contributed by atoms with Crippen LogP contribution < -0.4 is 10.6 Å². The summed E-state index contributed by atoms with van der Waals surface area (Å²) in [5.41, 5.74) is 5.20. The molecule has 0 aromatic heterocycles. The number of nitrogens with one attached hydrogen (secondary N) is 2. The number of carboxylic acid groups (broad SMARTS) is 1. The predicted octanol–water partition coefficient (Wildman–Crippen LogP) is -0.562. The topological polar surface area (TPSA) is 91.6 Å². The lowest BCUT2D eigenvalue weighted by Crippen LogP contribution is -3.15. The van der Waals surface area contributed by atoms with Crippen molar-refractivity contribution in [3.05, 3.63) is 0 Å². The molecular weight excluding hydrogens is 215 g/mol. The van der Waals surface area contributed by atoms with Gasteiger partial charge in [0, 0.05) is 0 Å². The molecule has 0 fully saturated rings. The molecule has 90 valence electrons. The standard InChI is InChI=1S/C5H13N3.C2HF3O2/c1-3-8(4-2)5(6)7;3-2(4,5)1(6)7/h3-4H2,1-2H3,(H3,6,7);(H,6,7)/p+1. The quantitative estimate of drug-likeness (QED) is 0.378. The number of hydrogen-bond donors (Lipinski definition) is 4. The molecule has 0 aromatic carbocycles. The van der Waals surface area contributed by atoms with Crippen molar-refractivity contribution in [3.63, 3.8) is 0 Å². The van der Waals surface area contributed by atoms with Gasteiger partial charge in [-0.25, -0.2) is 10.2 Å². The third kappa shape index (κ3) is 9.01. The van der Waals surface area contributed by atoms with Gasteiger partial charge in [-0.2, -0.15) is 13.2 Å². The van der Waals surface area contributed by atoms with E-state index >= 15 is 0 Å². The molecule has 0 saturated carbocycles. The molecule has 5 N–H and O–H groups in total. The summed E-state index contributed by atoms with van der Waals surface area (Å²) in [7, 11) is 0. The second-order valence-electron chi connectivity index (χ2n) is 2.53. The summed E-state index contributed by atoms with van der Waals surface area (Å²) < 4.78 is 31.7. The van der Waals surface area contributed by atoms with Crippen LogP contribution in [-0.2, 0) is 4.79 Å². The van der Waals surface area contributed by atoms with Gasteiger partial charge in [-0.05, 0) is 13.8 Å². The molecule has 15 heavy (non-hydrogen) atoms. The Labute approximate surface area is 85.2 Å². The molecule has 0 atom stereocenters. The van der Waals surface area contributed by atoms with Crippen molar-refractivity contribution in [1.29, 1.82) is 5.41 Å². The van der Waals surface area contributed by atoms with Crippen LogP contribution in [0, 0.1) is 5.41 Å². The van der Waals surface area contributed by atoms with Crippen molar-refractivity contribution in [1.82, 2.24) is 0 Å². The molecule has 0 rings (SSSR count). The van der Waals surface area contributed by atoms with Gasteiger partial charge >= 0.3 is 12.1 Å². The van der Waals surface area contributed by atoms with Gasteiger partial charge in [0.1, 0.15) is 0 Å². The van der Waals surface area contributed by atoms with Crippen molar-refractivity contribution >= 4 is 11.9 Å². The fourth-order valence-electron chi connectivity index (χ4n) is 0.631. The zero-order chi connectivity index (χ0) is 12.6. The van der Waals surface area contributed by atoms with Crippen LogP contribution >= 0.6 is 0 Å². The number of carbonyl (C=O) groups is 1. The Bertz CT molecular complexity index is 214. The predicted molar refractivity (Wildman–Crippen MR) is 47.6 cm³/mol. The van der Waals surface area contributed by atoms with Crippen molar-refractivity contribution in [3.8, 4) is 0 Å². The lowest BCUT2D eigenvalue weighted by Gasteiger charge is -2.09. The minimum absolute atomic E-state index is 0.245. The van der Waals surface area contributed by atoms with Gasteiger partial charge in [-0.3, -0.25) is 4.90 Å². The van der Waals surface area contributed by atoms with Crippen LogP contribution in [-0.4, -0.2) is 36.3 Å². The number of nitrogens with two attached hydrogens (primary N) is 1. The van der Waals surface area contributed by atoms with Gasteiger partial charge in [0.05, 0.1) is 13.1 Å². The first-order valence-corrected chi connectivity index (χ1v) is 4.15. The van der Waals surface area contributed by atoms with Gasteiger partial charge in [0.15, 0.2) is 0 Å². The summed E-state index contributed by atoms with van der Waals surface area (Å²) in [5.74, 6) is -2.51. The van der Waals surface area contributed by atoms with E-state index in [4.69, 9.17) is 21.0 Å². The van der Waals surface area contributed by atoms with E-state index in [1.807, 2.05) is 13.8 Å². The second-order valence-corrected chi connectivity index (χ2v) is 2.53. The Balaban J connectivity index is 0. The smallest absolute Gasteiger partial charge is 0.475 e. The van der Waals surface area contributed by atoms with E-state index in [2.05, 4.69) is 0 Å². The molecule has 5 nitrogen and oxygen atoms in total. The second kappa shape index (κ2) is 7.04. The van der Waals surface area contributed by atoms with Crippen LogP contribution in [0.1, 0.15) is 13.8 Å². The molecule has 0 unspecified atom stereocenters. The molecule has 0 bridgehead atoms. The fraction of sp³-hybridized carbons (Fsp3) is 0.714. The van der Waals surface area contributed by atoms with Crippen LogP contribution in [0.25, 0.3) is 0 Å². The summed E-state index contributed by atoms with van der Waals surface area (Å²) in [6.45, 7) is 5.85. The van der Waals surface area contributed by atoms with E-state index in [0.29, 0.717) is 0 Å². The molecule has 0 heterocycles. The fourth-order valence-corrected chi connectivity index (χ4v) is 0.631. The number of alkyl halides is 3. The van der Waals surface area contributed by atoms with Gasteiger partial charge in [0.25, 0.3) is 5.96 Å². The monoisotopic (exact) mass is 230 g/mol. The first-order chi connectivity index (χ1) is 6.66. The Kier molecular flexibility index (Phi) is 7.58. The lowest BCUT2D eigenvalue weighted by atomic mass is 10.5. The average Bonchev–Trinajstić information content (AvgIpc) is 2.04. The Hall–Kier alpha value is -1.31. The zero-order valence-electron chi connectivity index (χ0n) is 8.48. The molecule has 0 aromatic rings. The number of guanidine groups is 1. The molecule has 0 aliphatic carbocycles. The molecule has 0 aliphatic rings. The first-order valence-electron chi connectivity index (χ1n) is 4.15. The number of halogens is 3. The number of rotatable bonds is 2. The Morgan fingerprint density at radius 3 is 1.67 bits per heavy atom. The summed E-state index contributed by atoms with van der Waals surface area (Å²) >= 11 is 0. The van der Waals surface area contributed by atoms with E-state index < -0.39 is 12.1 Å². The van der Waals surface area contributed by atoms with Gasteiger partial charge in [-0.15, -0.1) is 0 Å². The average molecular weight is 230 g/mol. The Morgan fingerprint density at radius 1 is 1.40 bits per heavy atom. The molecule has 0 spiro atoms. The summed E-state index contributed by atoms with van der Waals surface area (Å²) in [5, 5.41) is 14.1. The highest BCUT2D eigenvalue weighted by molar-refractivity contribution is 5.73. The summed E-state index contributed by atoms with van der Waals surface area (Å²) in [6, 6.07) is 0. The van der Waals surface area contributed by atoms with E-state index in [1.165, 1.54) is 0 Å². The first kappa shape index (κ1) is 16.1. The summed E-state index contributed by atoms with van der Waals surface area (Å²) in [4.78, 5) is 9.94. The maximum Gasteiger partial charge on any atom is 0.490 e. The molecule has 0 saturated heterocycles. The van der Waals surface area contributed by atoms with Crippen LogP contribution in [0.3, 0.4) is 0 Å². The third-order valence-corrected chi connectivity index (χ3v) is 1.48. The van der Waals surface area contributed by atoms with Crippen molar-refractivity contribution in [2.24, 2.45) is 5.73 Å². The number of hydrogen-bond acceptors (Lipinski definition) is 2. The van der Waals surface area contributed by atoms with Crippen LogP contribution in [0.4, 0.5) is 13.2 Å². The molecule has 0 amide bonds. The van der Waals surface area contributed by atoms with Crippen LogP contribution in [0.15, 0.2) is 0 Å².